The standard InChI is InChI=1S/C24H26N6O2/c1-31-20-5-3-17(4-6-20)21-15-30(28-27-21)22-10-18-13-29(14-19(18)11-23(22)32-2)24-9-16(12-25)7-8-26-24/h3-9,15,18-19,22-23H,10-11,13-14H2,1-2H3/t18-,19+,22-,23-/m1/s1. The van der Waals surface area contributed by atoms with Crippen molar-refractivity contribution in [1.29, 1.82) is 5.26 Å². The second kappa shape index (κ2) is 8.60. The fourth-order valence-electron chi connectivity index (χ4n) is 5.10. The molecule has 5 rings (SSSR count). The van der Waals surface area contributed by atoms with E-state index in [1.165, 1.54) is 0 Å². The lowest BCUT2D eigenvalue weighted by Gasteiger charge is -2.36. The van der Waals surface area contributed by atoms with Crippen LogP contribution in [0, 0.1) is 23.2 Å². The fourth-order valence-corrected chi connectivity index (χ4v) is 5.10. The van der Waals surface area contributed by atoms with Crippen molar-refractivity contribution in [3.8, 4) is 23.1 Å². The van der Waals surface area contributed by atoms with Crippen LogP contribution in [0.15, 0.2) is 48.8 Å². The number of hydrogen-bond acceptors (Lipinski definition) is 7. The molecule has 1 aliphatic heterocycles. The first-order chi connectivity index (χ1) is 15.7. The monoisotopic (exact) mass is 430 g/mol. The molecule has 8 heteroatoms. The highest BCUT2D eigenvalue weighted by Gasteiger charge is 2.44. The third-order valence-corrected chi connectivity index (χ3v) is 6.82. The lowest BCUT2D eigenvalue weighted by atomic mass is 9.77. The predicted molar refractivity (Wildman–Crippen MR) is 119 cm³/mol. The van der Waals surface area contributed by atoms with Crippen LogP contribution < -0.4 is 9.64 Å². The van der Waals surface area contributed by atoms with E-state index in [9.17, 15) is 5.26 Å². The van der Waals surface area contributed by atoms with E-state index in [2.05, 4.69) is 26.3 Å². The van der Waals surface area contributed by atoms with Crippen LogP contribution in [0.1, 0.15) is 24.4 Å². The van der Waals surface area contributed by atoms with Crippen molar-refractivity contribution in [2.75, 3.05) is 32.2 Å². The van der Waals surface area contributed by atoms with Gasteiger partial charge in [-0.2, -0.15) is 5.26 Å². The Bertz CT molecular complexity index is 1120. The molecule has 3 aromatic rings. The van der Waals surface area contributed by atoms with Gasteiger partial charge in [0.1, 0.15) is 17.3 Å². The van der Waals surface area contributed by atoms with Crippen LogP contribution in [0.25, 0.3) is 11.3 Å². The van der Waals surface area contributed by atoms with E-state index in [0.717, 1.165) is 48.8 Å². The number of nitrogens with zero attached hydrogens (tertiary/aromatic N) is 6. The molecule has 0 radical (unpaired) electrons. The lowest BCUT2D eigenvalue weighted by molar-refractivity contribution is -0.00541. The molecule has 1 saturated heterocycles. The Balaban J connectivity index is 1.34. The van der Waals surface area contributed by atoms with E-state index in [4.69, 9.17) is 9.47 Å². The Morgan fingerprint density at radius 2 is 1.84 bits per heavy atom. The van der Waals surface area contributed by atoms with Crippen molar-refractivity contribution < 1.29 is 9.47 Å². The maximum absolute atomic E-state index is 9.21. The zero-order chi connectivity index (χ0) is 22.1. The number of nitriles is 1. The molecule has 2 aliphatic rings. The van der Waals surface area contributed by atoms with Crippen molar-refractivity contribution in [1.82, 2.24) is 20.0 Å². The SMILES string of the molecule is COc1ccc(-c2cn([C@@H]3C[C@@H]4CN(c5cc(C#N)ccn5)C[C@@H]4C[C@H]3OC)nn2)cc1. The van der Waals surface area contributed by atoms with Crippen LogP contribution >= 0.6 is 0 Å². The van der Waals surface area contributed by atoms with E-state index in [0.29, 0.717) is 17.4 Å². The minimum atomic E-state index is 0.0834. The van der Waals surface area contributed by atoms with Gasteiger partial charge in [0.2, 0.25) is 0 Å². The molecule has 3 heterocycles. The highest BCUT2D eigenvalue weighted by Crippen LogP contribution is 2.43. The van der Waals surface area contributed by atoms with Gasteiger partial charge in [-0.25, -0.2) is 9.67 Å². The number of pyridine rings is 1. The zero-order valence-electron chi connectivity index (χ0n) is 18.3. The third-order valence-electron chi connectivity index (χ3n) is 6.82. The van der Waals surface area contributed by atoms with Crippen molar-refractivity contribution in [2.24, 2.45) is 11.8 Å². The summed E-state index contributed by atoms with van der Waals surface area (Å²) in [6, 6.07) is 13.8. The Morgan fingerprint density at radius 1 is 1.06 bits per heavy atom. The van der Waals surface area contributed by atoms with E-state index in [1.807, 2.05) is 41.2 Å². The lowest BCUT2D eigenvalue weighted by Crippen LogP contribution is -2.37. The fraction of sp³-hybridized carbons (Fsp3) is 0.417. The summed E-state index contributed by atoms with van der Waals surface area (Å²) in [5.41, 5.74) is 2.50. The number of hydrogen-bond donors (Lipinski definition) is 0. The maximum Gasteiger partial charge on any atom is 0.129 e. The third kappa shape index (κ3) is 3.80. The summed E-state index contributed by atoms with van der Waals surface area (Å²) < 4.78 is 13.1. The maximum atomic E-state index is 9.21. The second-order valence-corrected chi connectivity index (χ2v) is 8.56. The number of benzene rings is 1. The number of fused-ring (bicyclic) bond motifs is 1. The van der Waals surface area contributed by atoms with Gasteiger partial charge in [-0.3, -0.25) is 0 Å². The Morgan fingerprint density at radius 3 is 2.56 bits per heavy atom. The van der Waals surface area contributed by atoms with E-state index < -0.39 is 0 Å². The zero-order valence-corrected chi connectivity index (χ0v) is 18.3. The molecule has 32 heavy (non-hydrogen) atoms. The molecule has 1 aromatic carbocycles. The molecule has 0 unspecified atom stereocenters. The van der Waals surface area contributed by atoms with Crippen molar-refractivity contribution in [2.45, 2.75) is 25.0 Å². The molecule has 0 bridgehead atoms. The minimum absolute atomic E-state index is 0.0834. The van der Waals surface area contributed by atoms with Gasteiger partial charge in [-0.15, -0.1) is 5.10 Å². The van der Waals surface area contributed by atoms with Gasteiger partial charge in [0.05, 0.1) is 37.1 Å². The molecule has 2 fully saturated rings. The smallest absolute Gasteiger partial charge is 0.129 e. The number of methoxy groups -OCH3 is 2. The first kappa shape index (κ1) is 20.5. The van der Waals surface area contributed by atoms with Gasteiger partial charge in [0.15, 0.2) is 0 Å². The quantitative estimate of drug-likeness (QED) is 0.613. The van der Waals surface area contributed by atoms with Gasteiger partial charge in [0, 0.05) is 32.0 Å². The predicted octanol–water partition coefficient (Wildman–Crippen LogP) is 3.32. The summed E-state index contributed by atoms with van der Waals surface area (Å²) in [6.07, 6.45) is 5.76. The molecule has 0 amide bonds. The van der Waals surface area contributed by atoms with Crippen LogP contribution in [0.3, 0.4) is 0 Å². The van der Waals surface area contributed by atoms with Crippen LogP contribution in [-0.4, -0.2) is 53.4 Å². The number of ether oxygens (including phenoxy) is 2. The van der Waals surface area contributed by atoms with Gasteiger partial charge >= 0.3 is 0 Å². The number of aromatic nitrogens is 4. The molecule has 4 atom stereocenters. The molecular formula is C24H26N6O2. The van der Waals surface area contributed by atoms with Gasteiger partial charge in [-0.1, -0.05) is 5.21 Å². The first-order valence-electron chi connectivity index (χ1n) is 10.9. The molecule has 1 saturated carbocycles. The topological polar surface area (TPSA) is 89.1 Å². The average molecular weight is 431 g/mol. The summed E-state index contributed by atoms with van der Waals surface area (Å²) >= 11 is 0. The average Bonchev–Trinajstić information content (AvgIpc) is 3.50. The Hall–Kier alpha value is -3.44. The van der Waals surface area contributed by atoms with Crippen LogP contribution in [0.4, 0.5) is 5.82 Å². The minimum Gasteiger partial charge on any atom is -0.497 e. The second-order valence-electron chi connectivity index (χ2n) is 8.56. The van der Waals surface area contributed by atoms with Crippen LogP contribution in [-0.2, 0) is 4.74 Å². The molecule has 164 valence electrons. The van der Waals surface area contributed by atoms with Gasteiger partial charge in [0.25, 0.3) is 0 Å². The summed E-state index contributed by atoms with van der Waals surface area (Å²) in [7, 11) is 3.44. The normalized spacial score (nSPS) is 24.7. The summed E-state index contributed by atoms with van der Waals surface area (Å²) in [6.45, 7) is 1.87. The van der Waals surface area contributed by atoms with Gasteiger partial charge < -0.3 is 14.4 Å². The summed E-state index contributed by atoms with van der Waals surface area (Å²) in [4.78, 5) is 6.80. The van der Waals surface area contributed by atoms with Crippen molar-refractivity contribution in [3.05, 3.63) is 54.4 Å². The molecule has 8 nitrogen and oxygen atoms in total. The highest BCUT2D eigenvalue weighted by atomic mass is 16.5. The van der Waals surface area contributed by atoms with E-state index in [-0.39, 0.29) is 12.1 Å². The number of rotatable bonds is 5. The molecular weight excluding hydrogens is 404 g/mol. The molecule has 1 aliphatic carbocycles. The van der Waals surface area contributed by atoms with E-state index in [1.54, 1.807) is 26.5 Å². The van der Waals surface area contributed by atoms with Crippen LogP contribution in [0.5, 0.6) is 5.75 Å². The van der Waals surface area contributed by atoms with Crippen molar-refractivity contribution >= 4 is 5.82 Å². The number of anilines is 1. The molecule has 0 spiro atoms. The Kier molecular flexibility index (Phi) is 5.50. The van der Waals surface area contributed by atoms with Gasteiger partial charge in [-0.05, 0) is 61.1 Å². The largest absolute Gasteiger partial charge is 0.497 e. The summed E-state index contributed by atoms with van der Waals surface area (Å²) in [5, 5.41) is 18.1. The summed E-state index contributed by atoms with van der Waals surface area (Å²) in [5.74, 6) is 2.76. The molecule has 2 aromatic heterocycles. The molecule has 0 N–H and O–H groups in total. The first-order valence-corrected chi connectivity index (χ1v) is 10.9. The Labute approximate surface area is 187 Å². The highest BCUT2D eigenvalue weighted by molar-refractivity contribution is 5.58. The van der Waals surface area contributed by atoms with Crippen molar-refractivity contribution in [3.63, 3.8) is 0 Å². The van der Waals surface area contributed by atoms with E-state index >= 15 is 0 Å². The van der Waals surface area contributed by atoms with Crippen LogP contribution in [0.2, 0.25) is 0 Å².